The SMILES string of the molecule is O=C(C[NH+]1CCN(C(=O)[C@@H]2COc3ccccc3O2)CC1)Nc1cc(F)ccc1F. The first-order valence-electron chi connectivity index (χ1n) is 9.75. The van der Waals surface area contributed by atoms with Gasteiger partial charge in [-0.05, 0) is 24.3 Å². The van der Waals surface area contributed by atoms with Crippen LogP contribution in [0.4, 0.5) is 14.5 Å². The number of nitrogens with one attached hydrogen (secondary N) is 2. The number of carbonyl (C=O) groups excluding carboxylic acids is 2. The Labute approximate surface area is 172 Å². The van der Waals surface area contributed by atoms with Crippen LogP contribution in [0.2, 0.25) is 0 Å². The molecule has 2 aliphatic rings. The summed E-state index contributed by atoms with van der Waals surface area (Å²) in [5.41, 5.74) is -0.178. The summed E-state index contributed by atoms with van der Waals surface area (Å²) in [7, 11) is 0. The summed E-state index contributed by atoms with van der Waals surface area (Å²) >= 11 is 0. The van der Waals surface area contributed by atoms with Crippen LogP contribution in [0.25, 0.3) is 0 Å². The molecule has 2 amide bonds. The summed E-state index contributed by atoms with van der Waals surface area (Å²) in [5, 5.41) is 2.40. The molecule has 30 heavy (non-hydrogen) atoms. The molecule has 0 unspecified atom stereocenters. The van der Waals surface area contributed by atoms with Gasteiger partial charge in [-0.3, -0.25) is 9.59 Å². The second-order valence-electron chi connectivity index (χ2n) is 7.29. The third-order valence-electron chi connectivity index (χ3n) is 5.18. The Morgan fingerprint density at radius 2 is 1.83 bits per heavy atom. The van der Waals surface area contributed by atoms with Crippen molar-refractivity contribution in [3.05, 3.63) is 54.1 Å². The minimum Gasteiger partial charge on any atom is -0.485 e. The van der Waals surface area contributed by atoms with Crippen molar-refractivity contribution in [2.45, 2.75) is 6.10 Å². The fourth-order valence-corrected chi connectivity index (χ4v) is 3.58. The van der Waals surface area contributed by atoms with E-state index in [4.69, 9.17) is 9.47 Å². The molecule has 0 radical (unpaired) electrons. The molecule has 4 rings (SSSR count). The normalized spacial score (nSPS) is 18.7. The van der Waals surface area contributed by atoms with Crippen LogP contribution in [0.15, 0.2) is 42.5 Å². The molecule has 9 heteroatoms. The first-order valence-corrected chi connectivity index (χ1v) is 9.75. The van der Waals surface area contributed by atoms with Gasteiger partial charge in [0.1, 0.15) is 18.2 Å². The number of benzene rings is 2. The number of halogens is 2. The largest absolute Gasteiger partial charge is 0.485 e. The van der Waals surface area contributed by atoms with E-state index in [2.05, 4.69) is 5.32 Å². The van der Waals surface area contributed by atoms with E-state index >= 15 is 0 Å². The van der Waals surface area contributed by atoms with E-state index in [1.54, 1.807) is 17.0 Å². The van der Waals surface area contributed by atoms with Crippen LogP contribution in [0.1, 0.15) is 0 Å². The molecular weight excluding hydrogens is 396 g/mol. The molecule has 1 saturated heterocycles. The zero-order chi connectivity index (χ0) is 21.1. The number of carbonyl (C=O) groups is 2. The zero-order valence-electron chi connectivity index (χ0n) is 16.2. The molecule has 1 atom stereocenters. The second kappa shape index (κ2) is 8.66. The number of amides is 2. The van der Waals surface area contributed by atoms with E-state index in [-0.39, 0.29) is 24.7 Å². The van der Waals surface area contributed by atoms with Crippen LogP contribution in [0.5, 0.6) is 11.5 Å². The molecule has 0 aliphatic carbocycles. The fourth-order valence-electron chi connectivity index (χ4n) is 3.58. The Kier molecular flexibility index (Phi) is 5.80. The van der Waals surface area contributed by atoms with Gasteiger partial charge in [-0.1, -0.05) is 12.1 Å². The highest BCUT2D eigenvalue weighted by Crippen LogP contribution is 2.31. The Hall–Kier alpha value is -3.20. The number of anilines is 1. The molecule has 2 aliphatic heterocycles. The average Bonchev–Trinajstić information content (AvgIpc) is 2.76. The molecule has 0 bridgehead atoms. The molecule has 7 nitrogen and oxygen atoms in total. The third kappa shape index (κ3) is 4.51. The van der Waals surface area contributed by atoms with Crippen LogP contribution in [0, 0.1) is 11.6 Å². The minimum absolute atomic E-state index is 0.106. The Balaban J connectivity index is 1.26. The standard InChI is InChI=1S/C21H21F2N3O4/c22-14-5-6-15(23)16(11-14)24-20(27)12-25-7-9-26(10-8-25)21(28)19-13-29-17-3-1-2-4-18(17)30-19/h1-6,11,19H,7-10,12-13H2,(H,24,27)/p+1/t19-/m0/s1. The lowest BCUT2D eigenvalue weighted by atomic mass is 10.2. The number of ether oxygens (including phenoxy) is 2. The molecule has 2 N–H and O–H groups in total. The predicted octanol–water partition coefficient (Wildman–Crippen LogP) is 0.470. The van der Waals surface area contributed by atoms with Crippen molar-refractivity contribution in [3.63, 3.8) is 0 Å². The molecule has 1 fully saturated rings. The van der Waals surface area contributed by atoms with Gasteiger partial charge in [-0.2, -0.15) is 0 Å². The van der Waals surface area contributed by atoms with E-state index in [9.17, 15) is 18.4 Å². The third-order valence-corrected chi connectivity index (χ3v) is 5.18. The number of hydrogen-bond donors (Lipinski definition) is 2. The monoisotopic (exact) mass is 418 g/mol. The van der Waals surface area contributed by atoms with Gasteiger partial charge in [0.25, 0.3) is 11.8 Å². The predicted molar refractivity (Wildman–Crippen MR) is 103 cm³/mol. The number of rotatable bonds is 4. The zero-order valence-corrected chi connectivity index (χ0v) is 16.2. The number of para-hydroxylation sites is 2. The smallest absolute Gasteiger partial charge is 0.279 e. The van der Waals surface area contributed by atoms with Crippen molar-refractivity contribution in [3.8, 4) is 11.5 Å². The van der Waals surface area contributed by atoms with Crippen LogP contribution >= 0.6 is 0 Å². The Morgan fingerprint density at radius 3 is 2.60 bits per heavy atom. The highest BCUT2D eigenvalue weighted by Gasteiger charge is 2.34. The Morgan fingerprint density at radius 1 is 1.10 bits per heavy atom. The maximum absolute atomic E-state index is 13.7. The highest BCUT2D eigenvalue weighted by molar-refractivity contribution is 5.91. The molecule has 0 aromatic heterocycles. The number of nitrogens with zero attached hydrogens (tertiary/aromatic N) is 1. The van der Waals surface area contributed by atoms with Gasteiger partial charge in [0.05, 0.1) is 31.9 Å². The van der Waals surface area contributed by atoms with Gasteiger partial charge >= 0.3 is 0 Å². The Bertz CT molecular complexity index is 948. The van der Waals surface area contributed by atoms with Crippen molar-refractivity contribution in [2.24, 2.45) is 0 Å². The summed E-state index contributed by atoms with van der Waals surface area (Å²) in [6.45, 7) is 2.33. The maximum Gasteiger partial charge on any atom is 0.279 e. The van der Waals surface area contributed by atoms with E-state index in [0.717, 1.165) is 23.1 Å². The van der Waals surface area contributed by atoms with Crippen molar-refractivity contribution in [1.82, 2.24) is 4.90 Å². The average molecular weight is 418 g/mol. The number of fused-ring (bicyclic) bond motifs is 1. The first-order chi connectivity index (χ1) is 14.5. The van der Waals surface area contributed by atoms with Gasteiger partial charge in [-0.25, -0.2) is 8.78 Å². The van der Waals surface area contributed by atoms with Gasteiger partial charge < -0.3 is 24.6 Å². The summed E-state index contributed by atoms with van der Waals surface area (Å²) in [6.07, 6.45) is -0.694. The van der Waals surface area contributed by atoms with E-state index in [0.29, 0.717) is 37.7 Å². The lowest BCUT2D eigenvalue weighted by Crippen LogP contribution is -3.15. The van der Waals surface area contributed by atoms with Gasteiger partial charge in [-0.15, -0.1) is 0 Å². The topological polar surface area (TPSA) is 72.3 Å². The first kappa shape index (κ1) is 20.1. The molecule has 2 heterocycles. The molecule has 0 saturated carbocycles. The number of piperazine rings is 1. The van der Waals surface area contributed by atoms with Gasteiger partial charge in [0.15, 0.2) is 18.0 Å². The van der Waals surface area contributed by atoms with Gasteiger partial charge in [0.2, 0.25) is 6.10 Å². The number of hydrogen-bond acceptors (Lipinski definition) is 4. The van der Waals surface area contributed by atoms with Crippen molar-refractivity contribution in [1.29, 1.82) is 0 Å². The lowest BCUT2D eigenvalue weighted by molar-refractivity contribution is -0.895. The van der Waals surface area contributed by atoms with Gasteiger partial charge in [0, 0.05) is 6.07 Å². The van der Waals surface area contributed by atoms with E-state index in [1.165, 1.54) is 0 Å². The molecular formula is C21H22F2N3O4+. The fraction of sp³-hybridized carbons (Fsp3) is 0.333. The van der Waals surface area contributed by atoms with E-state index in [1.807, 2.05) is 12.1 Å². The number of quaternary nitrogens is 1. The van der Waals surface area contributed by atoms with Crippen LogP contribution < -0.4 is 19.7 Å². The highest BCUT2D eigenvalue weighted by atomic mass is 19.1. The molecule has 2 aromatic rings. The maximum atomic E-state index is 13.7. The molecule has 158 valence electrons. The summed E-state index contributed by atoms with van der Waals surface area (Å²) in [4.78, 5) is 27.6. The summed E-state index contributed by atoms with van der Waals surface area (Å²) in [5.74, 6) is -0.692. The van der Waals surface area contributed by atoms with Crippen LogP contribution in [0.3, 0.4) is 0 Å². The van der Waals surface area contributed by atoms with E-state index < -0.39 is 23.6 Å². The van der Waals surface area contributed by atoms with Crippen LogP contribution in [-0.4, -0.2) is 62.1 Å². The quantitative estimate of drug-likeness (QED) is 0.758. The summed E-state index contributed by atoms with van der Waals surface area (Å²) in [6, 6.07) is 10.1. The minimum atomic E-state index is -0.694. The molecule has 0 spiro atoms. The van der Waals surface area contributed by atoms with Crippen molar-refractivity contribution >= 4 is 17.5 Å². The lowest BCUT2D eigenvalue weighted by Gasteiger charge is -2.35. The van der Waals surface area contributed by atoms with Crippen LogP contribution in [-0.2, 0) is 9.59 Å². The van der Waals surface area contributed by atoms with Crippen molar-refractivity contribution < 1.29 is 32.7 Å². The summed E-state index contributed by atoms with van der Waals surface area (Å²) < 4.78 is 38.3. The van der Waals surface area contributed by atoms with Crippen molar-refractivity contribution in [2.75, 3.05) is 44.6 Å². The molecule has 2 aromatic carbocycles. The second-order valence-corrected chi connectivity index (χ2v) is 7.29.